The maximum atomic E-state index is 6.22. The molecular formula is C13H16ClNOS. The number of hydrogen-bond donors (Lipinski definition) is 1. The van der Waals surface area contributed by atoms with Crippen LogP contribution in [0.3, 0.4) is 0 Å². The summed E-state index contributed by atoms with van der Waals surface area (Å²) >= 11 is 1.67. The molecule has 0 radical (unpaired) electrons. The lowest BCUT2D eigenvalue weighted by Crippen LogP contribution is -2.12. The van der Waals surface area contributed by atoms with Crippen molar-refractivity contribution in [1.29, 1.82) is 0 Å². The first-order chi connectivity index (χ1) is 7.83. The van der Waals surface area contributed by atoms with Gasteiger partial charge >= 0.3 is 0 Å². The average Bonchev–Trinajstić information content (AvgIpc) is 2.83. The molecule has 0 amide bonds. The first kappa shape index (κ1) is 14.0. The molecule has 92 valence electrons. The first-order valence-corrected chi connectivity index (χ1v) is 6.21. The molecular weight excluding hydrogens is 254 g/mol. The lowest BCUT2D eigenvalue weighted by molar-refractivity contribution is 0.335. The number of benzene rings is 1. The number of ether oxygens (including phenoxy) is 1. The Balaban J connectivity index is 0.00000144. The molecule has 1 aromatic carbocycles. The highest BCUT2D eigenvalue weighted by atomic mass is 35.5. The minimum atomic E-state index is -0.0947. The topological polar surface area (TPSA) is 35.2 Å². The average molecular weight is 270 g/mol. The molecule has 4 heteroatoms. The summed E-state index contributed by atoms with van der Waals surface area (Å²) in [6.07, 6.45) is 0. The fourth-order valence-corrected chi connectivity index (χ4v) is 2.39. The van der Waals surface area contributed by atoms with E-state index >= 15 is 0 Å². The largest absolute Gasteiger partial charge is 0.494 e. The molecule has 0 saturated carbocycles. The van der Waals surface area contributed by atoms with Gasteiger partial charge in [-0.2, -0.15) is 0 Å². The van der Waals surface area contributed by atoms with Gasteiger partial charge in [-0.05, 0) is 24.4 Å². The molecule has 2 N–H and O–H groups in total. The van der Waals surface area contributed by atoms with Crippen molar-refractivity contribution in [1.82, 2.24) is 0 Å². The SMILES string of the molecule is CCOc1ccccc1[C@@H](N)c1cccs1.Cl. The fraction of sp³-hybridized carbons (Fsp3) is 0.231. The van der Waals surface area contributed by atoms with Crippen LogP contribution >= 0.6 is 23.7 Å². The van der Waals surface area contributed by atoms with Gasteiger partial charge in [0.2, 0.25) is 0 Å². The standard InChI is InChI=1S/C13H15NOS.ClH/c1-2-15-11-7-4-3-6-10(11)13(14)12-8-5-9-16-12;/h3-9,13H,2,14H2,1H3;1H/t13-;/m1./s1. The Morgan fingerprint density at radius 3 is 2.65 bits per heavy atom. The summed E-state index contributed by atoms with van der Waals surface area (Å²) in [6.45, 7) is 2.64. The van der Waals surface area contributed by atoms with Crippen molar-refractivity contribution in [3.05, 3.63) is 52.2 Å². The van der Waals surface area contributed by atoms with Gasteiger partial charge in [0.05, 0.1) is 12.6 Å². The predicted octanol–water partition coefficient (Wildman–Crippen LogP) is 3.62. The van der Waals surface area contributed by atoms with E-state index in [0.717, 1.165) is 16.2 Å². The van der Waals surface area contributed by atoms with Crippen LogP contribution in [0, 0.1) is 0 Å². The van der Waals surface area contributed by atoms with Gasteiger partial charge in [-0.1, -0.05) is 24.3 Å². The first-order valence-electron chi connectivity index (χ1n) is 5.33. The molecule has 2 aromatic rings. The van der Waals surface area contributed by atoms with Crippen LogP contribution in [-0.2, 0) is 0 Å². The summed E-state index contributed by atoms with van der Waals surface area (Å²) < 4.78 is 5.58. The number of halogens is 1. The van der Waals surface area contributed by atoms with E-state index in [-0.39, 0.29) is 18.4 Å². The van der Waals surface area contributed by atoms with E-state index in [9.17, 15) is 0 Å². The maximum absolute atomic E-state index is 6.22. The summed E-state index contributed by atoms with van der Waals surface area (Å²) in [5.41, 5.74) is 7.27. The van der Waals surface area contributed by atoms with E-state index in [0.29, 0.717) is 6.61 Å². The molecule has 0 aliphatic carbocycles. The highest BCUT2D eigenvalue weighted by Crippen LogP contribution is 2.30. The van der Waals surface area contributed by atoms with Crippen molar-refractivity contribution in [2.24, 2.45) is 5.73 Å². The minimum absolute atomic E-state index is 0. The van der Waals surface area contributed by atoms with Gasteiger partial charge in [-0.3, -0.25) is 0 Å². The van der Waals surface area contributed by atoms with Crippen molar-refractivity contribution in [2.45, 2.75) is 13.0 Å². The normalized spacial score (nSPS) is 11.6. The van der Waals surface area contributed by atoms with Crippen LogP contribution in [0.15, 0.2) is 41.8 Å². The Kier molecular flexibility index (Phi) is 5.48. The van der Waals surface area contributed by atoms with Gasteiger partial charge in [0, 0.05) is 10.4 Å². The van der Waals surface area contributed by atoms with Gasteiger partial charge in [0.15, 0.2) is 0 Å². The molecule has 17 heavy (non-hydrogen) atoms. The van der Waals surface area contributed by atoms with Crippen LogP contribution in [0.25, 0.3) is 0 Å². The molecule has 2 rings (SSSR count). The molecule has 0 unspecified atom stereocenters. The van der Waals surface area contributed by atoms with Gasteiger partial charge < -0.3 is 10.5 Å². The molecule has 0 aliphatic rings. The summed E-state index contributed by atoms with van der Waals surface area (Å²) in [5.74, 6) is 0.880. The highest BCUT2D eigenvalue weighted by molar-refractivity contribution is 7.10. The molecule has 0 fully saturated rings. The zero-order chi connectivity index (χ0) is 11.4. The smallest absolute Gasteiger partial charge is 0.124 e. The summed E-state index contributed by atoms with van der Waals surface area (Å²) in [5, 5.41) is 2.04. The van der Waals surface area contributed by atoms with Crippen LogP contribution in [0.1, 0.15) is 23.4 Å². The van der Waals surface area contributed by atoms with E-state index in [4.69, 9.17) is 10.5 Å². The molecule has 0 spiro atoms. The third-order valence-electron chi connectivity index (χ3n) is 2.40. The van der Waals surface area contributed by atoms with Crippen LogP contribution in [0.5, 0.6) is 5.75 Å². The van der Waals surface area contributed by atoms with Gasteiger partial charge in [0.1, 0.15) is 5.75 Å². The molecule has 2 nitrogen and oxygen atoms in total. The Labute approximate surface area is 112 Å². The van der Waals surface area contributed by atoms with Crippen molar-refractivity contribution in [2.75, 3.05) is 6.61 Å². The van der Waals surface area contributed by atoms with Gasteiger partial charge in [0.25, 0.3) is 0 Å². The molecule has 1 atom stereocenters. The Bertz CT molecular complexity index is 444. The van der Waals surface area contributed by atoms with E-state index in [1.54, 1.807) is 11.3 Å². The third kappa shape index (κ3) is 3.22. The number of para-hydroxylation sites is 1. The molecule has 1 aromatic heterocycles. The summed E-state index contributed by atoms with van der Waals surface area (Å²) in [7, 11) is 0. The number of hydrogen-bond acceptors (Lipinski definition) is 3. The second-order valence-corrected chi connectivity index (χ2v) is 4.44. The second kappa shape index (κ2) is 6.64. The lowest BCUT2D eigenvalue weighted by Gasteiger charge is -2.15. The van der Waals surface area contributed by atoms with Gasteiger partial charge in [-0.25, -0.2) is 0 Å². The number of rotatable bonds is 4. The van der Waals surface area contributed by atoms with Crippen molar-refractivity contribution >= 4 is 23.7 Å². The number of thiophene rings is 1. The molecule has 0 saturated heterocycles. The van der Waals surface area contributed by atoms with Crippen LogP contribution < -0.4 is 10.5 Å². The van der Waals surface area contributed by atoms with Crippen LogP contribution in [0.4, 0.5) is 0 Å². The predicted molar refractivity (Wildman–Crippen MR) is 75.2 cm³/mol. The van der Waals surface area contributed by atoms with Crippen molar-refractivity contribution < 1.29 is 4.74 Å². The quantitative estimate of drug-likeness (QED) is 0.920. The van der Waals surface area contributed by atoms with Crippen LogP contribution in [0.2, 0.25) is 0 Å². The summed E-state index contributed by atoms with van der Waals surface area (Å²) in [4.78, 5) is 1.16. The summed E-state index contributed by atoms with van der Waals surface area (Å²) in [6, 6.07) is 11.9. The molecule has 0 bridgehead atoms. The van der Waals surface area contributed by atoms with Crippen molar-refractivity contribution in [3.8, 4) is 5.75 Å². The minimum Gasteiger partial charge on any atom is -0.494 e. The lowest BCUT2D eigenvalue weighted by atomic mass is 10.1. The number of nitrogens with two attached hydrogens (primary N) is 1. The zero-order valence-corrected chi connectivity index (χ0v) is 11.3. The Morgan fingerprint density at radius 1 is 1.24 bits per heavy atom. The van der Waals surface area contributed by atoms with Crippen molar-refractivity contribution in [3.63, 3.8) is 0 Å². The van der Waals surface area contributed by atoms with E-state index in [1.165, 1.54) is 0 Å². The van der Waals surface area contributed by atoms with Crippen LogP contribution in [-0.4, -0.2) is 6.61 Å². The van der Waals surface area contributed by atoms with E-state index in [2.05, 4.69) is 6.07 Å². The zero-order valence-electron chi connectivity index (χ0n) is 9.63. The molecule has 1 heterocycles. The Morgan fingerprint density at radius 2 is 2.00 bits per heavy atom. The maximum Gasteiger partial charge on any atom is 0.124 e. The molecule has 0 aliphatic heterocycles. The van der Waals surface area contributed by atoms with E-state index < -0.39 is 0 Å². The Hall–Kier alpha value is -1.03. The monoisotopic (exact) mass is 269 g/mol. The second-order valence-electron chi connectivity index (χ2n) is 3.46. The fourth-order valence-electron chi connectivity index (χ4n) is 1.65. The third-order valence-corrected chi connectivity index (χ3v) is 3.36. The van der Waals surface area contributed by atoms with E-state index in [1.807, 2.05) is 42.6 Å². The highest BCUT2D eigenvalue weighted by Gasteiger charge is 2.14. The van der Waals surface area contributed by atoms with Gasteiger partial charge in [-0.15, -0.1) is 23.7 Å².